The molecule has 5 nitrogen and oxygen atoms in total. The lowest BCUT2D eigenvalue weighted by molar-refractivity contribution is -0.121. The summed E-state index contributed by atoms with van der Waals surface area (Å²) in [6.07, 6.45) is 0.327. The highest BCUT2D eigenvalue weighted by Crippen LogP contribution is 2.19. The molecule has 0 atom stereocenters. The highest BCUT2D eigenvalue weighted by molar-refractivity contribution is 5.74. The number of carbonyl (C=O) groups is 1. The predicted octanol–water partition coefficient (Wildman–Crippen LogP) is 0.906. The Bertz CT molecular complexity index is 253. The van der Waals surface area contributed by atoms with Crippen molar-refractivity contribution in [3.63, 3.8) is 0 Å². The number of hydrogen-bond acceptors (Lipinski definition) is 4. The molecule has 0 aromatic heterocycles. The third kappa shape index (κ3) is 9.39. The van der Waals surface area contributed by atoms with Crippen molar-refractivity contribution in [1.82, 2.24) is 0 Å². The zero-order valence-electron chi connectivity index (χ0n) is 12.1. The fourth-order valence-corrected chi connectivity index (χ4v) is 1.40. The number of nitrogens with two attached hydrogens (primary N) is 2. The Labute approximate surface area is 110 Å². The first-order valence-electron chi connectivity index (χ1n) is 6.32. The molecule has 0 aliphatic rings. The van der Waals surface area contributed by atoms with Crippen LogP contribution in [0, 0.1) is 10.8 Å². The molecular weight excluding hydrogens is 232 g/mol. The van der Waals surface area contributed by atoms with Crippen molar-refractivity contribution in [1.29, 1.82) is 0 Å². The van der Waals surface area contributed by atoms with Crippen LogP contribution in [0.4, 0.5) is 0 Å². The van der Waals surface area contributed by atoms with Crippen LogP contribution in [-0.2, 0) is 14.3 Å². The smallest absolute Gasteiger partial charge is 0.218 e. The van der Waals surface area contributed by atoms with E-state index >= 15 is 0 Å². The summed E-state index contributed by atoms with van der Waals surface area (Å²) in [6.45, 7) is 10.8. The molecular formula is C13H28N2O3. The van der Waals surface area contributed by atoms with Gasteiger partial charge in [0.25, 0.3) is 0 Å². The second kappa shape index (κ2) is 7.71. The molecule has 108 valence electrons. The second-order valence-corrected chi connectivity index (χ2v) is 6.28. The molecule has 0 aliphatic heterocycles. The highest BCUT2D eigenvalue weighted by atomic mass is 16.5. The molecule has 0 aromatic rings. The van der Waals surface area contributed by atoms with Crippen molar-refractivity contribution in [2.24, 2.45) is 22.3 Å². The van der Waals surface area contributed by atoms with E-state index < -0.39 is 0 Å². The average molecular weight is 260 g/mol. The highest BCUT2D eigenvalue weighted by Gasteiger charge is 2.21. The molecule has 5 heteroatoms. The second-order valence-electron chi connectivity index (χ2n) is 6.28. The van der Waals surface area contributed by atoms with Crippen LogP contribution >= 0.6 is 0 Å². The maximum atomic E-state index is 10.8. The van der Waals surface area contributed by atoms with Crippen LogP contribution in [0.2, 0.25) is 0 Å². The molecule has 4 N–H and O–H groups in total. The van der Waals surface area contributed by atoms with Gasteiger partial charge in [0.2, 0.25) is 5.91 Å². The largest absolute Gasteiger partial charge is 0.378 e. The molecule has 0 bridgehead atoms. The number of carbonyl (C=O) groups excluding carboxylic acids is 1. The van der Waals surface area contributed by atoms with Gasteiger partial charge in [-0.05, 0) is 12.0 Å². The minimum Gasteiger partial charge on any atom is -0.378 e. The summed E-state index contributed by atoms with van der Waals surface area (Å²) in [6, 6.07) is 0. The van der Waals surface area contributed by atoms with Gasteiger partial charge in [0, 0.05) is 11.8 Å². The first-order valence-corrected chi connectivity index (χ1v) is 6.32. The maximum Gasteiger partial charge on any atom is 0.218 e. The van der Waals surface area contributed by atoms with Crippen LogP contribution < -0.4 is 11.5 Å². The number of ether oxygens (including phenoxy) is 2. The standard InChI is InChI=1S/C13H28N2O3/c1-12(2,7-11(15)16)9-17-5-6-18-10-13(3,4)8-14/h5-10,14H2,1-4H3,(H2,15,16). The molecule has 0 saturated heterocycles. The zero-order chi connectivity index (χ0) is 14.2. The van der Waals surface area contributed by atoms with Gasteiger partial charge in [-0.15, -0.1) is 0 Å². The zero-order valence-corrected chi connectivity index (χ0v) is 12.1. The van der Waals surface area contributed by atoms with E-state index in [1.54, 1.807) is 0 Å². The molecule has 1 amide bonds. The van der Waals surface area contributed by atoms with E-state index in [9.17, 15) is 4.79 Å². The van der Waals surface area contributed by atoms with Crippen molar-refractivity contribution in [2.75, 3.05) is 33.0 Å². The van der Waals surface area contributed by atoms with Crippen molar-refractivity contribution in [3.8, 4) is 0 Å². The van der Waals surface area contributed by atoms with Gasteiger partial charge < -0.3 is 20.9 Å². The topological polar surface area (TPSA) is 87.6 Å². The third-order valence-electron chi connectivity index (χ3n) is 2.56. The minimum atomic E-state index is -0.301. The lowest BCUT2D eigenvalue weighted by atomic mass is 9.90. The fraction of sp³-hybridized carbons (Fsp3) is 0.923. The van der Waals surface area contributed by atoms with Gasteiger partial charge in [-0.3, -0.25) is 4.79 Å². The van der Waals surface area contributed by atoms with Crippen LogP contribution in [0.1, 0.15) is 34.1 Å². The molecule has 0 aromatic carbocycles. The predicted molar refractivity (Wildman–Crippen MR) is 72.1 cm³/mol. The van der Waals surface area contributed by atoms with Gasteiger partial charge in [0.05, 0.1) is 26.4 Å². The quantitative estimate of drug-likeness (QED) is 0.571. The number of primary amides is 1. The Balaban J connectivity index is 3.60. The van der Waals surface area contributed by atoms with Crippen molar-refractivity contribution in [2.45, 2.75) is 34.1 Å². The Morgan fingerprint density at radius 1 is 1.00 bits per heavy atom. The third-order valence-corrected chi connectivity index (χ3v) is 2.56. The van der Waals surface area contributed by atoms with Crippen LogP contribution in [0.3, 0.4) is 0 Å². The van der Waals surface area contributed by atoms with Crippen molar-refractivity contribution in [3.05, 3.63) is 0 Å². The van der Waals surface area contributed by atoms with Crippen LogP contribution in [-0.4, -0.2) is 38.9 Å². The summed E-state index contributed by atoms with van der Waals surface area (Å²) in [5.41, 5.74) is 10.5. The van der Waals surface area contributed by atoms with Gasteiger partial charge >= 0.3 is 0 Å². The molecule has 0 unspecified atom stereocenters. The summed E-state index contributed by atoms with van der Waals surface area (Å²) in [5.74, 6) is -0.301. The number of rotatable bonds is 10. The number of amides is 1. The number of hydrogen-bond donors (Lipinski definition) is 2. The maximum absolute atomic E-state index is 10.8. The Kier molecular flexibility index (Phi) is 7.43. The summed E-state index contributed by atoms with van der Waals surface area (Å²) in [5, 5.41) is 0. The van der Waals surface area contributed by atoms with E-state index in [1.165, 1.54) is 0 Å². The monoisotopic (exact) mass is 260 g/mol. The normalized spacial score (nSPS) is 12.7. The first-order chi connectivity index (χ1) is 8.18. The Morgan fingerprint density at radius 2 is 1.44 bits per heavy atom. The SMILES string of the molecule is CC(C)(CN)COCCOCC(C)(C)CC(N)=O. The first kappa shape index (κ1) is 17.4. The van der Waals surface area contributed by atoms with Gasteiger partial charge in [0.1, 0.15) is 0 Å². The van der Waals surface area contributed by atoms with Gasteiger partial charge in [0.15, 0.2) is 0 Å². The lowest BCUT2D eigenvalue weighted by Crippen LogP contribution is -2.30. The molecule has 18 heavy (non-hydrogen) atoms. The van der Waals surface area contributed by atoms with Gasteiger partial charge in [-0.2, -0.15) is 0 Å². The molecule has 0 spiro atoms. The summed E-state index contributed by atoms with van der Waals surface area (Å²) >= 11 is 0. The van der Waals surface area contributed by atoms with Gasteiger partial charge in [-0.1, -0.05) is 27.7 Å². The fourth-order valence-electron chi connectivity index (χ4n) is 1.40. The molecule has 0 rings (SSSR count). The van der Waals surface area contributed by atoms with Crippen LogP contribution in [0.5, 0.6) is 0 Å². The molecule has 0 fully saturated rings. The molecule has 0 aliphatic carbocycles. The summed E-state index contributed by atoms with van der Waals surface area (Å²) in [4.78, 5) is 10.8. The summed E-state index contributed by atoms with van der Waals surface area (Å²) < 4.78 is 11.0. The summed E-state index contributed by atoms with van der Waals surface area (Å²) in [7, 11) is 0. The van der Waals surface area contributed by atoms with E-state index in [4.69, 9.17) is 20.9 Å². The molecule has 0 saturated carbocycles. The molecule has 0 heterocycles. The van der Waals surface area contributed by atoms with Crippen molar-refractivity contribution >= 4 is 5.91 Å². The van der Waals surface area contributed by atoms with E-state index in [2.05, 4.69) is 13.8 Å². The van der Waals surface area contributed by atoms with Crippen LogP contribution in [0.15, 0.2) is 0 Å². The Morgan fingerprint density at radius 3 is 1.83 bits per heavy atom. The lowest BCUT2D eigenvalue weighted by Gasteiger charge is -2.24. The van der Waals surface area contributed by atoms with Gasteiger partial charge in [-0.25, -0.2) is 0 Å². The minimum absolute atomic E-state index is 0.00520. The van der Waals surface area contributed by atoms with Crippen LogP contribution in [0.25, 0.3) is 0 Å². The van der Waals surface area contributed by atoms with E-state index in [1.807, 2.05) is 13.8 Å². The molecule has 0 radical (unpaired) electrons. The van der Waals surface area contributed by atoms with Crippen molar-refractivity contribution < 1.29 is 14.3 Å². The van der Waals surface area contributed by atoms with E-state index in [-0.39, 0.29) is 16.7 Å². The average Bonchev–Trinajstić information content (AvgIpc) is 2.21. The van der Waals surface area contributed by atoms with E-state index in [0.717, 1.165) is 0 Å². The van der Waals surface area contributed by atoms with E-state index in [0.29, 0.717) is 39.4 Å². The Hall–Kier alpha value is -0.650.